The van der Waals surface area contributed by atoms with Crippen LogP contribution in [-0.2, 0) is 0 Å². The van der Waals surface area contributed by atoms with E-state index in [-0.39, 0.29) is 17.3 Å². The van der Waals surface area contributed by atoms with Crippen molar-refractivity contribution in [3.63, 3.8) is 0 Å². The average molecular weight is 359 g/mol. The minimum Gasteiger partial charge on any atom is -0.379 e. The van der Waals surface area contributed by atoms with Gasteiger partial charge < -0.3 is 5.73 Å². The number of hydrogen-bond acceptors (Lipinski definition) is 7. The molecule has 0 aliphatic carbocycles. The van der Waals surface area contributed by atoms with Crippen LogP contribution in [0, 0.1) is 0 Å². The van der Waals surface area contributed by atoms with E-state index in [0.717, 1.165) is 0 Å². The Morgan fingerprint density at radius 3 is 2.75 bits per heavy atom. The van der Waals surface area contributed by atoms with Gasteiger partial charge in [-0.2, -0.15) is 0 Å². The van der Waals surface area contributed by atoms with Gasteiger partial charge in [0.05, 0.1) is 10.7 Å². The van der Waals surface area contributed by atoms with Crippen LogP contribution in [-0.4, -0.2) is 20.0 Å². The molecular weight excluding hydrogens is 353 g/mol. The molecule has 0 fully saturated rings. The molecule has 102 valence electrons. The molecule has 0 aliphatic heterocycles. The smallest absolute Gasteiger partial charge is 0.379 e. The third-order valence-corrected chi connectivity index (χ3v) is 3.71. The summed E-state index contributed by atoms with van der Waals surface area (Å²) in [6.45, 7) is 0. The zero-order valence-corrected chi connectivity index (χ0v) is 11.9. The van der Waals surface area contributed by atoms with Gasteiger partial charge in [-0.3, -0.25) is 4.52 Å². The predicted molar refractivity (Wildman–Crippen MR) is 72.5 cm³/mol. The molecule has 8 nitrogen and oxygen atoms in total. The highest BCUT2D eigenvalue weighted by molar-refractivity contribution is 9.10. The number of benzene rings is 1. The Bertz CT molecular complexity index is 840. The Balaban J connectivity index is 2.24. The average Bonchev–Trinajstić information content (AvgIpc) is 2.99. The maximum absolute atomic E-state index is 11.8. The van der Waals surface area contributed by atoms with Crippen molar-refractivity contribution in [2.24, 2.45) is 0 Å². The molecule has 0 amide bonds. The molecule has 0 radical (unpaired) electrons. The molecule has 3 rings (SSSR count). The van der Waals surface area contributed by atoms with Crippen LogP contribution >= 0.6 is 27.5 Å². The summed E-state index contributed by atoms with van der Waals surface area (Å²) in [6, 6.07) is 4.88. The van der Waals surface area contributed by atoms with Crippen LogP contribution in [0.5, 0.6) is 0 Å². The lowest BCUT2D eigenvalue weighted by atomic mass is 10.3. The highest BCUT2D eigenvalue weighted by Gasteiger charge is 2.21. The number of aromatic nitrogens is 4. The van der Waals surface area contributed by atoms with Crippen LogP contribution in [0.15, 0.2) is 36.6 Å². The van der Waals surface area contributed by atoms with E-state index in [1.165, 1.54) is 4.57 Å². The Labute approximate surface area is 124 Å². The van der Waals surface area contributed by atoms with Gasteiger partial charge in [-0.1, -0.05) is 16.8 Å². The lowest BCUT2D eigenvalue weighted by molar-refractivity contribution is 0.310. The highest BCUT2D eigenvalue weighted by atomic mass is 79.9. The molecule has 0 aliphatic rings. The first-order valence-electron chi connectivity index (χ1n) is 5.20. The Kier molecular flexibility index (Phi) is 3.07. The van der Waals surface area contributed by atoms with Crippen LogP contribution in [0.1, 0.15) is 0 Å². The Hall–Kier alpha value is -2.13. The molecule has 2 aromatic heterocycles. The quantitative estimate of drug-likeness (QED) is 0.744. The van der Waals surface area contributed by atoms with Gasteiger partial charge in [0.2, 0.25) is 5.82 Å². The molecule has 10 heteroatoms. The first-order chi connectivity index (χ1) is 9.58. The fraction of sp³-hybridized carbons (Fsp3) is 0. The standard InChI is InChI=1S/C10H5BrClN5O3/c11-5-3-4(1-2-6(5)12)17-9(16-19-10(17)18)7-8(13)15-20-14-7/h1-3H,(H2,13,15). The Morgan fingerprint density at radius 2 is 2.10 bits per heavy atom. The number of anilines is 1. The van der Waals surface area contributed by atoms with Gasteiger partial charge >= 0.3 is 5.76 Å². The molecule has 0 saturated carbocycles. The summed E-state index contributed by atoms with van der Waals surface area (Å²) in [5, 5.41) is 11.2. The van der Waals surface area contributed by atoms with Gasteiger partial charge in [-0.05, 0) is 44.4 Å². The molecule has 20 heavy (non-hydrogen) atoms. The predicted octanol–water partition coefficient (Wildman–Crippen LogP) is 1.87. The van der Waals surface area contributed by atoms with Crippen molar-refractivity contribution in [3.05, 3.63) is 38.2 Å². The van der Waals surface area contributed by atoms with Crippen LogP contribution in [0.2, 0.25) is 5.02 Å². The van der Waals surface area contributed by atoms with Crippen molar-refractivity contribution in [3.8, 4) is 17.2 Å². The van der Waals surface area contributed by atoms with Crippen molar-refractivity contribution >= 4 is 33.3 Å². The van der Waals surface area contributed by atoms with Crippen LogP contribution in [0.25, 0.3) is 17.2 Å². The first kappa shape index (κ1) is 12.9. The van der Waals surface area contributed by atoms with Crippen molar-refractivity contribution in [1.29, 1.82) is 0 Å². The van der Waals surface area contributed by atoms with E-state index >= 15 is 0 Å². The topological polar surface area (TPSA) is 113 Å². The number of hydrogen-bond donors (Lipinski definition) is 1. The second kappa shape index (κ2) is 4.76. The number of nitrogens with zero attached hydrogens (tertiary/aromatic N) is 4. The highest BCUT2D eigenvalue weighted by Crippen LogP contribution is 2.27. The van der Waals surface area contributed by atoms with Crippen molar-refractivity contribution in [1.82, 2.24) is 20.0 Å². The lowest BCUT2D eigenvalue weighted by Gasteiger charge is -2.04. The second-order valence-corrected chi connectivity index (χ2v) is 4.97. The molecule has 2 heterocycles. The molecule has 0 saturated heterocycles. The molecule has 0 atom stereocenters. The summed E-state index contributed by atoms with van der Waals surface area (Å²) in [4.78, 5) is 11.8. The summed E-state index contributed by atoms with van der Waals surface area (Å²) in [5.41, 5.74) is 6.18. The summed E-state index contributed by atoms with van der Waals surface area (Å²) in [5.74, 6) is -0.611. The number of nitrogens with two attached hydrogens (primary N) is 1. The van der Waals surface area contributed by atoms with Crippen molar-refractivity contribution in [2.45, 2.75) is 0 Å². The number of halogens is 2. The first-order valence-corrected chi connectivity index (χ1v) is 6.37. The SMILES string of the molecule is Nc1nonc1-c1noc(=O)n1-c1ccc(Cl)c(Br)c1. The minimum absolute atomic E-state index is 0.0000734. The van der Waals surface area contributed by atoms with E-state index in [4.69, 9.17) is 17.3 Å². The zero-order valence-electron chi connectivity index (χ0n) is 9.58. The van der Waals surface area contributed by atoms with Crippen LogP contribution in [0.4, 0.5) is 5.82 Å². The zero-order chi connectivity index (χ0) is 14.3. The summed E-state index contributed by atoms with van der Waals surface area (Å²) >= 11 is 9.19. The molecule has 0 spiro atoms. The van der Waals surface area contributed by atoms with Gasteiger partial charge in [-0.25, -0.2) is 14.0 Å². The van der Waals surface area contributed by atoms with E-state index in [1.807, 2.05) is 0 Å². The molecule has 0 bridgehead atoms. The maximum atomic E-state index is 11.8. The van der Waals surface area contributed by atoms with E-state index in [9.17, 15) is 4.79 Å². The van der Waals surface area contributed by atoms with Gasteiger partial charge in [0, 0.05) is 4.47 Å². The van der Waals surface area contributed by atoms with Gasteiger partial charge in [0.25, 0.3) is 0 Å². The van der Waals surface area contributed by atoms with Gasteiger partial charge in [0.1, 0.15) is 0 Å². The third-order valence-electron chi connectivity index (χ3n) is 2.49. The largest absolute Gasteiger partial charge is 0.446 e. The van der Waals surface area contributed by atoms with Crippen LogP contribution in [0.3, 0.4) is 0 Å². The number of nitrogen functional groups attached to an aromatic ring is 1. The lowest BCUT2D eigenvalue weighted by Crippen LogP contribution is -2.13. The molecule has 1 aromatic carbocycles. The summed E-state index contributed by atoms with van der Waals surface area (Å²) in [7, 11) is 0. The van der Waals surface area contributed by atoms with E-state index in [2.05, 4.69) is 40.6 Å². The van der Waals surface area contributed by atoms with Gasteiger partial charge in [0.15, 0.2) is 11.5 Å². The number of rotatable bonds is 2. The fourth-order valence-corrected chi connectivity index (χ4v) is 2.09. The summed E-state index contributed by atoms with van der Waals surface area (Å²) < 4.78 is 10.9. The van der Waals surface area contributed by atoms with Crippen LogP contribution < -0.4 is 11.5 Å². The van der Waals surface area contributed by atoms with Crippen molar-refractivity contribution in [2.75, 3.05) is 5.73 Å². The van der Waals surface area contributed by atoms with E-state index in [1.54, 1.807) is 18.2 Å². The third kappa shape index (κ3) is 2.00. The molecule has 3 aromatic rings. The van der Waals surface area contributed by atoms with E-state index < -0.39 is 5.76 Å². The Morgan fingerprint density at radius 1 is 1.30 bits per heavy atom. The van der Waals surface area contributed by atoms with E-state index in [0.29, 0.717) is 15.2 Å². The normalized spacial score (nSPS) is 10.9. The second-order valence-electron chi connectivity index (χ2n) is 3.70. The maximum Gasteiger partial charge on any atom is 0.446 e. The van der Waals surface area contributed by atoms with Crippen molar-refractivity contribution < 1.29 is 9.15 Å². The minimum atomic E-state index is -0.698. The summed E-state index contributed by atoms with van der Waals surface area (Å²) in [6.07, 6.45) is 0. The molecule has 0 unspecified atom stereocenters. The van der Waals surface area contributed by atoms with Gasteiger partial charge in [-0.15, -0.1) is 0 Å². The molecular formula is C10H5BrClN5O3. The monoisotopic (exact) mass is 357 g/mol. The fourth-order valence-electron chi connectivity index (χ4n) is 1.60. The molecule has 2 N–H and O–H groups in total.